The number of sulfonamides is 1. The molecule has 0 N–H and O–H groups in total. The lowest BCUT2D eigenvalue weighted by Gasteiger charge is -2.38. The first-order chi connectivity index (χ1) is 10.9. The minimum absolute atomic E-state index is 0.158. The highest BCUT2D eigenvalue weighted by Crippen LogP contribution is 2.31. The van der Waals surface area contributed by atoms with Gasteiger partial charge in [-0.2, -0.15) is 4.31 Å². The topological polar surface area (TPSA) is 70.6 Å². The molecule has 0 aliphatic carbocycles. The number of aromatic nitrogens is 1. The Morgan fingerprint density at radius 1 is 1.43 bits per heavy atom. The van der Waals surface area contributed by atoms with E-state index in [0.29, 0.717) is 12.2 Å². The minimum atomic E-state index is -3.62. The van der Waals surface area contributed by atoms with Crippen LogP contribution < -0.4 is 0 Å². The number of nitrogens with zero attached hydrogens (tertiary/aromatic N) is 3. The summed E-state index contributed by atoms with van der Waals surface area (Å²) in [5, 5.41) is 3.59. The fourth-order valence-electron chi connectivity index (χ4n) is 2.49. The first-order valence-electron chi connectivity index (χ1n) is 6.83. The molecule has 0 aromatic carbocycles. The third kappa shape index (κ3) is 3.16. The molecule has 2 aromatic heterocycles. The molecule has 2 aromatic rings. The summed E-state index contributed by atoms with van der Waals surface area (Å²) in [5.74, 6) is -0.162. The normalized spacial score (nSPS) is 19.9. The molecule has 1 atom stereocenters. The minimum Gasteiger partial charge on any atom is -0.332 e. The van der Waals surface area contributed by atoms with Crippen LogP contribution in [-0.2, 0) is 10.0 Å². The fraction of sp³-hybridized carbons (Fsp3) is 0.385. The van der Waals surface area contributed by atoms with Gasteiger partial charge in [0.1, 0.15) is 5.69 Å². The summed E-state index contributed by atoms with van der Waals surface area (Å²) in [6, 6.07) is 1.34. The number of amides is 1. The van der Waals surface area contributed by atoms with Crippen LogP contribution in [0.1, 0.15) is 17.4 Å². The highest BCUT2D eigenvalue weighted by atomic mass is 35.5. The smallest absolute Gasteiger partial charge is 0.273 e. The zero-order valence-electron chi connectivity index (χ0n) is 12.2. The van der Waals surface area contributed by atoms with Crippen molar-refractivity contribution in [1.29, 1.82) is 0 Å². The van der Waals surface area contributed by atoms with Crippen LogP contribution >= 0.6 is 34.3 Å². The number of hydrogen-bond donors (Lipinski definition) is 0. The molecule has 1 fully saturated rings. The van der Waals surface area contributed by atoms with Gasteiger partial charge in [0.2, 0.25) is 0 Å². The van der Waals surface area contributed by atoms with Crippen molar-refractivity contribution in [3.05, 3.63) is 33.1 Å². The maximum absolute atomic E-state index is 12.7. The monoisotopic (exact) mass is 391 g/mol. The molecule has 23 heavy (non-hydrogen) atoms. The van der Waals surface area contributed by atoms with Crippen molar-refractivity contribution >= 4 is 50.2 Å². The van der Waals surface area contributed by atoms with E-state index in [1.54, 1.807) is 27.2 Å². The quantitative estimate of drug-likeness (QED) is 0.805. The van der Waals surface area contributed by atoms with Crippen LogP contribution in [0.2, 0.25) is 5.02 Å². The first-order valence-corrected chi connectivity index (χ1v) is 10.5. The van der Waals surface area contributed by atoms with Crippen molar-refractivity contribution in [3.8, 4) is 0 Å². The van der Waals surface area contributed by atoms with Crippen molar-refractivity contribution in [2.75, 3.05) is 19.6 Å². The van der Waals surface area contributed by atoms with Crippen molar-refractivity contribution in [1.82, 2.24) is 14.2 Å². The van der Waals surface area contributed by atoms with Gasteiger partial charge in [-0.1, -0.05) is 11.6 Å². The number of piperazine rings is 1. The van der Waals surface area contributed by atoms with Crippen LogP contribution in [0.15, 0.2) is 26.5 Å². The predicted molar refractivity (Wildman–Crippen MR) is 90.7 cm³/mol. The molecule has 6 nitrogen and oxygen atoms in total. The molecule has 1 amide bonds. The number of halogens is 1. The molecule has 10 heteroatoms. The van der Waals surface area contributed by atoms with Crippen LogP contribution in [0, 0.1) is 0 Å². The van der Waals surface area contributed by atoms with E-state index in [2.05, 4.69) is 4.98 Å². The van der Waals surface area contributed by atoms with E-state index < -0.39 is 10.0 Å². The third-order valence-corrected chi connectivity index (χ3v) is 8.11. The lowest BCUT2D eigenvalue weighted by atomic mass is 10.2. The molecular formula is C13H14ClN3O3S3. The van der Waals surface area contributed by atoms with Gasteiger partial charge in [-0.25, -0.2) is 13.4 Å². The third-order valence-electron chi connectivity index (χ3n) is 3.66. The number of rotatable bonds is 3. The highest BCUT2D eigenvalue weighted by molar-refractivity contribution is 7.91. The number of thiophene rings is 1. The molecule has 1 aliphatic heterocycles. The Morgan fingerprint density at radius 2 is 2.22 bits per heavy atom. The lowest BCUT2D eigenvalue weighted by Crippen LogP contribution is -2.55. The number of thiazole rings is 1. The van der Waals surface area contributed by atoms with E-state index in [1.807, 2.05) is 6.92 Å². The first kappa shape index (κ1) is 16.8. The van der Waals surface area contributed by atoms with E-state index in [4.69, 9.17) is 11.6 Å². The molecule has 0 unspecified atom stereocenters. The fourth-order valence-corrected chi connectivity index (χ4v) is 6.34. The maximum Gasteiger partial charge on any atom is 0.273 e. The van der Waals surface area contributed by atoms with E-state index in [9.17, 15) is 13.2 Å². The van der Waals surface area contributed by atoms with E-state index >= 15 is 0 Å². The molecular weight excluding hydrogens is 378 g/mol. The van der Waals surface area contributed by atoms with Gasteiger partial charge in [0.05, 0.1) is 10.5 Å². The number of hydrogen-bond acceptors (Lipinski definition) is 6. The summed E-state index contributed by atoms with van der Waals surface area (Å²) in [6.45, 7) is 2.66. The Bertz CT molecular complexity index is 804. The Kier molecular flexibility index (Phi) is 4.75. The summed E-state index contributed by atoms with van der Waals surface area (Å²) < 4.78 is 26.9. The number of carbonyl (C=O) groups excluding carboxylic acids is 1. The average Bonchev–Trinajstić information content (AvgIpc) is 3.17. The molecule has 0 bridgehead atoms. The molecule has 1 aliphatic rings. The summed E-state index contributed by atoms with van der Waals surface area (Å²) in [5.41, 5.74) is 2.01. The van der Waals surface area contributed by atoms with Gasteiger partial charge in [-0.3, -0.25) is 4.79 Å². The number of carbonyl (C=O) groups is 1. The Labute approximate surface area is 147 Å². The van der Waals surface area contributed by atoms with Gasteiger partial charge in [0, 0.05) is 31.1 Å². The van der Waals surface area contributed by atoms with Crippen LogP contribution in [0.3, 0.4) is 0 Å². The van der Waals surface area contributed by atoms with Gasteiger partial charge >= 0.3 is 0 Å². The van der Waals surface area contributed by atoms with E-state index in [1.165, 1.54) is 15.6 Å². The Hall–Kier alpha value is -1.00. The lowest BCUT2D eigenvalue weighted by molar-refractivity contribution is 0.0586. The second kappa shape index (κ2) is 6.48. The molecule has 3 rings (SSSR count). The average molecular weight is 392 g/mol. The molecule has 0 saturated carbocycles. The summed E-state index contributed by atoms with van der Waals surface area (Å²) >= 11 is 8.42. The molecule has 124 valence electrons. The Balaban J connectivity index is 1.76. The van der Waals surface area contributed by atoms with Gasteiger partial charge in [-0.05, 0) is 18.4 Å². The van der Waals surface area contributed by atoms with Crippen LogP contribution in [0.4, 0.5) is 0 Å². The van der Waals surface area contributed by atoms with Crippen LogP contribution in [-0.4, -0.2) is 54.2 Å². The summed E-state index contributed by atoms with van der Waals surface area (Å²) in [7, 11) is -3.62. The van der Waals surface area contributed by atoms with Crippen molar-refractivity contribution < 1.29 is 13.2 Å². The SMILES string of the molecule is C[C@H]1CN(S(=O)(=O)c2sccc2Cl)CCN1C(=O)c1cscn1. The molecule has 0 spiro atoms. The molecule has 1 saturated heterocycles. The van der Waals surface area contributed by atoms with Crippen LogP contribution in [0.5, 0.6) is 0 Å². The van der Waals surface area contributed by atoms with Crippen molar-refractivity contribution in [2.45, 2.75) is 17.2 Å². The zero-order valence-corrected chi connectivity index (χ0v) is 15.4. The van der Waals surface area contributed by atoms with Crippen molar-refractivity contribution in [2.24, 2.45) is 0 Å². The van der Waals surface area contributed by atoms with Crippen LogP contribution in [0.25, 0.3) is 0 Å². The second-order valence-corrected chi connectivity index (χ2v) is 9.32. The van der Waals surface area contributed by atoms with Gasteiger partial charge in [-0.15, -0.1) is 22.7 Å². The largest absolute Gasteiger partial charge is 0.332 e. The second-order valence-electron chi connectivity index (χ2n) is 5.14. The van der Waals surface area contributed by atoms with Gasteiger partial charge < -0.3 is 4.90 Å². The van der Waals surface area contributed by atoms with Crippen molar-refractivity contribution in [3.63, 3.8) is 0 Å². The molecule has 0 radical (unpaired) electrons. The van der Waals surface area contributed by atoms with Gasteiger partial charge in [0.25, 0.3) is 15.9 Å². The summed E-state index contributed by atoms with van der Waals surface area (Å²) in [4.78, 5) is 18.1. The Morgan fingerprint density at radius 3 is 2.78 bits per heavy atom. The van der Waals surface area contributed by atoms with E-state index in [0.717, 1.165) is 11.3 Å². The zero-order chi connectivity index (χ0) is 16.6. The maximum atomic E-state index is 12.7. The predicted octanol–water partition coefficient (Wildman–Crippen LogP) is 2.39. The standard InChI is InChI=1S/C13H14ClN3O3S3/c1-9-6-16(23(19,20)13-10(14)2-5-22-13)3-4-17(9)12(18)11-7-21-8-15-11/h2,5,7-9H,3-4,6H2,1H3/t9-/m0/s1. The highest BCUT2D eigenvalue weighted by Gasteiger charge is 2.36. The van der Waals surface area contributed by atoms with E-state index in [-0.39, 0.29) is 34.3 Å². The van der Waals surface area contributed by atoms with Gasteiger partial charge in [0.15, 0.2) is 4.21 Å². The molecule has 3 heterocycles. The summed E-state index contributed by atoms with van der Waals surface area (Å²) in [6.07, 6.45) is 0.